The fourth-order valence-electron chi connectivity index (χ4n) is 4.46. The molecule has 4 rings (SSSR count). The van der Waals surface area contributed by atoms with E-state index in [0.717, 1.165) is 24.6 Å². The van der Waals surface area contributed by atoms with Crippen molar-refractivity contribution in [1.29, 1.82) is 0 Å². The number of amidine groups is 1. The van der Waals surface area contributed by atoms with Crippen molar-refractivity contribution in [3.05, 3.63) is 65.7 Å². The summed E-state index contributed by atoms with van der Waals surface area (Å²) in [6.45, 7) is 3.34. The van der Waals surface area contributed by atoms with Crippen LogP contribution in [0.3, 0.4) is 0 Å². The zero-order chi connectivity index (χ0) is 17.1. The Kier molecular flexibility index (Phi) is 4.87. The maximum atomic E-state index is 5.00. The molecule has 0 spiro atoms. The van der Waals surface area contributed by atoms with E-state index in [1.807, 2.05) is 0 Å². The number of hydrogen-bond acceptors (Lipinski definition) is 2. The molecule has 1 saturated carbocycles. The number of rotatable bonds is 3. The second-order valence-electron chi connectivity index (χ2n) is 7.57. The smallest absolute Gasteiger partial charge is 0.102 e. The lowest BCUT2D eigenvalue weighted by molar-refractivity contribution is 0.229. The molecule has 25 heavy (non-hydrogen) atoms. The van der Waals surface area contributed by atoms with E-state index in [1.54, 1.807) is 0 Å². The van der Waals surface area contributed by atoms with Crippen LogP contribution in [-0.4, -0.2) is 17.3 Å². The Bertz CT molecular complexity index is 729. The topological polar surface area (TPSA) is 15.6 Å². The highest BCUT2D eigenvalue weighted by Gasteiger charge is 2.28. The predicted octanol–water partition coefficient (Wildman–Crippen LogP) is 5.92. The summed E-state index contributed by atoms with van der Waals surface area (Å²) in [5.41, 5.74) is 3.92. The van der Waals surface area contributed by atoms with Gasteiger partial charge in [-0.3, -0.25) is 0 Å². The van der Waals surface area contributed by atoms with Gasteiger partial charge in [0.05, 0.1) is 11.7 Å². The molecular formula is C23H28N2. The Morgan fingerprint density at radius 3 is 2.44 bits per heavy atom. The zero-order valence-corrected chi connectivity index (χ0v) is 15.2. The molecule has 2 aliphatic rings. The van der Waals surface area contributed by atoms with Crippen LogP contribution in [0.15, 0.2) is 59.6 Å². The molecule has 0 aromatic heterocycles. The molecule has 2 aromatic carbocycles. The summed E-state index contributed by atoms with van der Waals surface area (Å²) in [4.78, 5) is 7.59. The minimum atomic E-state index is 0.385. The first-order valence-electron chi connectivity index (χ1n) is 9.76. The van der Waals surface area contributed by atoms with Crippen LogP contribution in [0.1, 0.15) is 56.2 Å². The van der Waals surface area contributed by atoms with Gasteiger partial charge in [0.25, 0.3) is 0 Å². The summed E-state index contributed by atoms with van der Waals surface area (Å²) in [6, 6.07) is 20.0. The van der Waals surface area contributed by atoms with Crippen molar-refractivity contribution in [3.63, 3.8) is 0 Å². The molecule has 2 aromatic rings. The molecule has 0 bridgehead atoms. The number of fused-ring (bicyclic) bond motifs is 1. The fourth-order valence-corrected chi connectivity index (χ4v) is 4.46. The van der Waals surface area contributed by atoms with Crippen LogP contribution in [-0.2, 0) is 6.42 Å². The summed E-state index contributed by atoms with van der Waals surface area (Å²) in [5.74, 6) is 1.98. The maximum absolute atomic E-state index is 5.00. The summed E-state index contributed by atoms with van der Waals surface area (Å²) in [6.07, 6.45) is 7.98. The molecule has 130 valence electrons. The monoisotopic (exact) mass is 332 g/mol. The molecule has 1 atom stereocenters. The van der Waals surface area contributed by atoms with Gasteiger partial charge in [0, 0.05) is 6.54 Å². The third kappa shape index (κ3) is 3.63. The molecule has 1 fully saturated rings. The first-order valence-corrected chi connectivity index (χ1v) is 9.76. The van der Waals surface area contributed by atoms with E-state index >= 15 is 0 Å². The maximum Gasteiger partial charge on any atom is 0.102 e. The van der Waals surface area contributed by atoms with Crippen LogP contribution >= 0.6 is 0 Å². The Labute approximate surface area is 151 Å². The van der Waals surface area contributed by atoms with Crippen LogP contribution in [0.4, 0.5) is 5.69 Å². The van der Waals surface area contributed by atoms with Gasteiger partial charge in [0.2, 0.25) is 0 Å². The first kappa shape index (κ1) is 16.4. The predicted molar refractivity (Wildman–Crippen MR) is 105 cm³/mol. The third-order valence-electron chi connectivity index (χ3n) is 5.84. The Balaban J connectivity index is 1.69. The van der Waals surface area contributed by atoms with Crippen molar-refractivity contribution in [2.75, 3.05) is 6.54 Å². The second kappa shape index (κ2) is 7.43. The van der Waals surface area contributed by atoms with Gasteiger partial charge >= 0.3 is 0 Å². The van der Waals surface area contributed by atoms with Crippen LogP contribution in [0.25, 0.3) is 0 Å². The van der Waals surface area contributed by atoms with Crippen LogP contribution in [0, 0.1) is 5.92 Å². The summed E-state index contributed by atoms with van der Waals surface area (Å²) >= 11 is 0. The van der Waals surface area contributed by atoms with Crippen LogP contribution in [0.5, 0.6) is 0 Å². The van der Waals surface area contributed by atoms with Gasteiger partial charge in [0.1, 0.15) is 5.84 Å². The first-order chi connectivity index (χ1) is 12.3. The lowest BCUT2D eigenvalue weighted by atomic mass is 9.87. The third-order valence-corrected chi connectivity index (χ3v) is 5.84. The molecule has 0 amide bonds. The van der Waals surface area contributed by atoms with E-state index in [2.05, 4.69) is 66.4 Å². The average molecular weight is 332 g/mol. The van der Waals surface area contributed by atoms with Gasteiger partial charge in [-0.15, -0.1) is 0 Å². The molecule has 0 radical (unpaired) electrons. The van der Waals surface area contributed by atoms with E-state index in [-0.39, 0.29) is 0 Å². The van der Waals surface area contributed by atoms with E-state index in [1.165, 1.54) is 49.1 Å². The quantitative estimate of drug-likeness (QED) is 0.681. The number of para-hydroxylation sites is 1. The molecule has 2 heteroatoms. The highest BCUT2D eigenvalue weighted by molar-refractivity contribution is 5.84. The molecule has 1 unspecified atom stereocenters. The van der Waals surface area contributed by atoms with E-state index in [0.29, 0.717) is 6.04 Å². The van der Waals surface area contributed by atoms with Crippen molar-refractivity contribution in [3.8, 4) is 0 Å². The largest absolute Gasteiger partial charge is 0.353 e. The molecule has 1 aliphatic heterocycles. The van der Waals surface area contributed by atoms with Crippen molar-refractivity contribution < 1.29 is 0 Å². The molecule has 2 nitrogen and oxygen atoms in total. The minimum Gasteiger partial charge on any atom is -0.353 e. The number of nitrogens with zero attached hydrogens (tertiary/aromatic N) is 2. The van der Waals surface area contributed by atoms with Gasteiger partial charge in [-0.05, 0) is 49.3 Å². The normalized spacial score (nSPS) is 21.4. The van der Waals surface area contributed by atoms with E-state index in [4.69, 9.17) is 4.99 Å². The van der Waals surface area contributed by atoms with Gasteiger partial charge < -0.3 is 4.90 Å². The Morgan fingerprint density at radius 2 is 1.64 bits per heavy atom. The highest BCUT2D eigenvalue weighted by Crippen LogP contribution is 2.35. The SMILES string of the molecule is CC1=Nc2ccccc2CC(c2ccccc2)N1CC1CCCCC1. The van der Waals surface area contributed by atoms with Gasteiger partial charge in [0.15, 0.2) is 0 Å². The fraction of sp³-hybridized carbons (Fsp3) is 0.435. The zero-order valence-electron chi connectivity index (χ0n) is 15.2. The van der Waals surface area contributed by atoms with Crippen molar-refractivity contribution in [2.45, 2.75) is 51.5 Å². The minimum absolute atomic E-state index is 0.385. The van der Waals surface area contributed by atoms with Crippen molar-refractivity contribution in [2.24, 2.45) is 10.9 Å². The second-order valence-corrected chi connectivity index (χ2v) is 7.57. The van der Waals surface area contributed by atoms with Gasteiger partial charge in [-0.2, -0.15) is 0 Å². The summed E-state index contributed by atoms with van der Waals surface area (Å²) < 4.78 is 0. The molecular weight excluding hydrogens is 304 g/mol. The average Bonchev–Trinajstić information content (AvgIpc) is 2.80. The van der Waals surface area contributed by atoms with Gasteiger partial charge in [-0.1, -0.05) is 67.8 Å². The van der Waals surface area contributed by atoms with Crippen molar-refractivity contribution >= 4 is 11.5 Å². The van der Waals surface area contributed by atoms with E-state index < -0.39 is 0 Å². The van der Waals surface area contributed by atoms with Crippen LogP contribution < -0.4 is 0 Å². The standard InChI is InChI=1S/C23H28N2/c1-18-24-22-15-9-8-14-21(22)16-23(20-12-6-3-7-13-20)25(18)17-19-10-4-2-5-11-19/h3,6-9,12-15,19,23H,2,4-5,10-11,16-17H2,1H3. The molecule has 0 N–H and O–H groups in total. The number of benzene rings is 2. The van der Waals surface area contributed by atoms with Gasteiger partial charge in [-0.25, -0.2) is 4.99 Å². The van der Waals surface area contributed by atoms with Crippen molar-refractivity contribution in [1.82, 2.24) is 4.90 Å². The summed E-state index contributed by atoms with van der Waals surface area (Å²) in [5, 5.41) is 0. The molecule has 0 saturated heterocycles. The Hall–Kier alpha value is -2.09. The molecule has 1 aliphatic carbocycles. The summed E-state index contributed by atoms with van der Waals surface area (Å²) in [7, 11) is 0. The number of hydrogen-bond donors (Lipinski definition) is 0. The lowest BCUT2D eigenvalue weighted by Gasteiger charge is -2.36. The van der Waals surface area contributed by atoms with Crippen LogP contribution in [0.2, 0.25) is 0 Å². The Morgan fingerprint density at radius 1 is 0.920 bits per heavy atom. The number of aliphatic imine (C=N–C) groups is 1. The highest BCUT2D eigenvalue weighted by atomic mass is 15.2. The lowest BCUT2D eigenvalue weighted by Crippen LogP contribution is -2.38. The molecule has 1 heterocycles. The van der Waals surface area contributed by atoms with E-state index in [9.17, 15) is 0 Å².